The van der Waals surface area contributed by atoms with Crippen molar-refractivity contribution in [3.8, 4) is 0 Å². The van der Waals surface area contributed by atoms with Crippen molar-refractivity contribution >= 4 is 17.6 Å². The van der Waals surface area contributed by atoms with Crippen molar-refractivity contribution in [3.63, 3.8) is 0 Å². The van der Waals surface area contributed by atoms with Crippen molar-refractivity contribution in [1.82, 2.24) is 0 Å². The molecule has 9 heavy (non-hydrogen) atoms. The Bertz CT molecular complexity index is 59.0. The molecule has 1 nitrogen and oxygen atoms in total. The van der Waals surface area contributed by atoms with Gasteiger partial charge < -0.3 is 5.11 Å². The summed E-state index contributed by atoms with van der Waals surface area (Å²) in [6.07, 6.45) is 3.92. The van der Waals surface area contributed by atoms with E-state index in [1.165, 1.54) is 0 Å². The second-order valence-electron chi connectivity index (χ2n) is 1.72. The van der Waals surface area contributed by atoms with Crippen molar-refractivity contribution in [2.24, 2.45) is 0 Å². The van der Waals surface area contributed by atoms with Crippen LogP contribution >= 0.6 is 12.2 Å². The molecule has 0 N–H and O–H groups in total. The Labute approximate surface area is 84.1 Å². The predicted molar refractivity (Wildman–Crippen MR) is 37.0 cm³/mol. The number of rotatable bonds is 5. The van der Waals surface area contributed by atoms with Gasteiger partial charge >= 0.3 is 29.6 Å². The van der Waals surface area contributed by atoms with E-state index in [0.717, 1.165) is 25.7 Å². The fourth-order valence-corrected chi connectivity index (χ4v) is 0.673. The van der Waals surface area contributed by atoms with Crippen LogP contribution < -0.4 is 34.7 Å². The number of thiocarbonyl (C=S) groups is 1. The van der Waals surface area contributed by atoms with E-state index in [-0.39, 0.29) is 36.2 Å². The first kappa shape index (κ1) is 12.7. The van der Waals surface area contributed by atoms with Crippen LogP contribution in [0.2, 0.25) is 0 Å². The third-order valence-corrected chi connectivity index (χ3v) is 1.20. The van der Waals surface area contributed by atoms with Crippen molar-refractivity contribution in [2.75, 3.05) is 6.61 Å². The molecule has 0 rings (SSSR count). The summed E-state index contributed by atoms with van der Waals surface area (Å²) in [6, 6.07) is 0. The Balaban J connectivity index is 0. The maximum Gasteiger partial charge on any atom is 1.00 e. The number of hydrogen-bond donors (Lipinski definition) is 0. The molecule has 0 fully saturated rings. The predicted octanol–water partition coefficient (Wildman–Crippen LogP) is -2.09. The van der Waals surface area contributed by atoms with Crippen LogP contribution in [0.5, 0.6) is 0 Å². The third kappa shape index (κ3) is 12.3. The average Bonchev–Trinajstić information content (AvgIpc) is 1.81. The molecule has 0 saturated heterocycles. The van der Waals surface area contributed by atoms with Crippen LogP contribution in [-0.4, -0.2) is 12.0 Å². The van der Waals surface area contributed by atoms with Crippen LogP contribution in [0, 0.1) is 0 Å². The average molecular weight is 154 g/mol. The van der Waals surface area contributed by atoms with Crippen molar-refractivity contribution in [2.45, 2.75) is 25.7 Å². The van der Waals surface area contributed by atoms with E-state index < -0.39 is 0 Å². The van der Waals surface area contributed by atoms with E-state index in [9.17, 15) is 5.11 Å². The van der Waals surface area contributed by atoms with Gasteiger partial charge in [0.05, 0.1) is 0 Å². The van der Waals surface area contributed by atoms with Gasteiger partial charge in [0.15, 0.2) is 0 Å². The molecule has 0 bridgehead atoms. The summed E-state index contributed by atoms with van der Waals surface area (Å²) in [5.74, 6) is 0. The van der Waals surface area contributed by atoms with Gasteiger partial charge in [-0.25, -0.2) is 0 Å². The normalized spacial score (nSPS) is 8.11. The van der Waals surface area contributed by atoms with Crippen molar-refractivity contribution in [1.29, 1.82) is 0 Å². The largest absolute Gasteiger partial charge is 1.00 e. The summed E-state index contributed by atoms with van der Waals surface area (Å²) >= 11 is 4.60. The van der Waals surface area contributed by atoms with E-state index in [1.807, 2.05) is 0 Å². The van der Waals surface area contributed by atoms with Crippen LogP contribution in [0.4, 0.5) is 0 Å². The number of hydrogen-bond acceptors (Lipinski definition) is 2. The smallest absolute Gasteiger partial charge is 0.854 e. The van der Waals surface area contributed by atoms with Gasteiger partial charge in [-0.05, 0) is 18.2 Å². The van der Waals surface area contributed by atoms with E-state index >= 15 is 0 Å². The number of unbranched alkanes of at least 4 members (excludes halogenated alkanes) is 3. The van der Waals surface area contributed by atoms with Gasteiger partial charge in [0, 0.05) is 0 Å². The molecule has 0 aliphatic rings. The van der Waals surface area contributed by atoms with Crippen LogP contribution in [0.1, 0.15) is 25.7 Å². The molecule has 48 valence electrons. The zero-order valence-corrected chi connectivity index (χ0v) is 8.75. The molecule has 0 aromatic heterocycles. The fraction of sp³-hybridized carbons (Fsp3) is 0.833. The molecule has 0 unspecified atom stereocenters. The standard InChI is InChI=1S/C6H11OS.Na/c7-5-3-1-2-4-6-8;/h6H,1-5H2;/q-1;+1. The van der Waals surface area contributed by atoms with E-state index in [2.05, 4.69) is 12.2 Å². The molecular formula is C6H11NaOS. The third-order valence-electron chi connectivity index (χ3n) is 0.966. The molecule has 0 saturated carbocycles. The summed E-state index contributed by atoms with van der Waals surface area (Å²) in [5, 5.41) is 11.6. The topological polar surface area (TPSA) is 23.1 Å². The molecule has 3 heteroatoms. The Morgan fingerprint density at radius 1 is 1.22 bits per heavy atom. The molecule has 0 aromatic carbocycles. The molecule has 0 heterocycles. The minimum absolute atomic E-state index is 0. The first-order valence-electron chi connectivity index (χ1n) is 2.93. The summed E-state index contributed by atoms with van der Waals surface area (Å²) in [4.78, 5) is 0. The molecular weight excluding hydrogens is 143 g/mol. The summed E-state index contributed by atoms with van der Waals surface area (Å²) in [7, 11) is 0. The van der Waals surface area contributed by atoms with Crippen LogP contribution in [0.25, 0.3) is 0 Å². The Kier molecular flexibility index (Phi) is 16.7. The molecule has 0 aliphatic heterocycles. The van der Waals surface area contributed by atoms with Crippen molar-refractivity contribution in [3.05, 3.63) is 0 Å². The molecule has 0 amide bonds. The van der Waals surface area contributed by atoms with Crippen LogP contribution in [0.15, 0.2) is 0 Å². The zero-order chi connectivity index (χ0) is 6.24. The SMILES string of the molecule is [Na+].[O-]CCCCCC=S. The van der Waals surface area contributed by atoms with Gasteiger partial charge in [-0.15, -0.1) is 6.61 Å². The quantitative estimate of drug-likeness (QED) is 0.257. The van der Waals surface area contributed by atoms with Crippen LogP contribution in [-0.2, 0) is 0 Å². The van der Waals surface area contributed by atoms with E-state index in [0.29, 0.717) is 0 Å². The van der Waals surface area contributed by atoms with Gasteiger partial charge in [0.1, 0.15) is 0 Å². The Morgan fingerprint density at radius 3 is 2.33 bits per heavy atom. The molecule has 0 spiro atoms. The van der Waals surface area contributed by atoms with Gasteiger partial charge in [-0.2, -0.15) is 0 Å². The summed E-state index contributed by atoms with van der Waals surface area (Å²) in [5.41, 5.74) is 0. The monoisotopic (exact) mass is 154 g/mol. The van der Waals surface area contributed by atoms with Gasteiger partial charge in [-0.1, -0.05) is 25.1 Å². The first-order chi connectivity index (χ1) is 3.91. The minimum Gasteiger partial charge on any atom is -0.854 e. The maximum absolute atomic E-state index is 9.86. The van der Waals surface area contributed by atoms with Gasteiger partial charge in [0.2, 0.25) is 0 Å². The Hall–Kier alpha value is 1.05. The summed E-state index contributed by atoms with van der Waals surface area (Å²) < 4.78 is 0. The molecule has 0 atom stereocenters. The molecule has 0 aromatic rings. The first-order valence-corrected chi connectivity index (χ1v) is 3.40. The molecule has 0 aliphatic carbocycles. The van der Waals surface area contributed by atoms with Gasteiger partial charge in [0.25, 0.3) is 0 Å². The summed E-state index contributed by atoms with van der Waals surface area (Å²) in [6.45, 7) is 0.0669. The van der Waals surface area contributed by atoms with E-state index in [4.69, 9.17) is 0 Å². The zero-order valence-electron chi connectivity index (χ0n) is 5.93. The van der Waals surface area contributed by atoms with Crippen molar-refractivity contribution < 1.29 is 34.7 Å². The Morgan fingerprint density at radius 2 is 1.89 bits per heavy atom. The second kappa shape index (κ2) is 11.8. The van der Waals surface area contributed by atoms with Gasteiger partial charge in [-0.3, -0.25) is 0 Å². The van der Waals surface area contributed by atoms with E-state index in [1.54, 1.807) is 5.37 Å². The minimum atomic E-state index is 0. The molecule has 0 radical (unpaired) electrons. The fourth-order valence-electron chi connectivity index (χ4n) is 0.507. The second-order valence-corrected chi connectivity index (χ2v) is 2.05. The maximum atomic E-state index is 9.86. The van der Waals surface area contributed by atoms with Crippen LogP contribution in [0.3, 0.4) is 0 Å².